The smallest absolute Gasteiger partial charge is 0.265 e. The van der Waals surface area contributed by atoms with Gasteiger partial charge in [0.15, 0.2) is 30.6 Å². The summed E-state index contributed by atoms with van der Waals surface area (Å²) in [6.45, 7) is 1.46. The summed E-state index contributed by atoms with van der Waals surface area (Å²) in [6.07, 6.45) is 2.94. The Balaban J connectivity index is 1.41. The molecule has 0 radical (unpaired) electrons. The van der Waals surface area contributed by atoms with Crippen LogP contribution < -0.4 is 14.4 Å². The van der Waals surface area contributed by atoms with Gasteiger partial charge in [0.05, 0.1) is 5.69 Å². The number of hydrogen-bond donors (Lipinski definition) is 0. The summed E-state index contributed by atoms with van der Waals surface area (Å²) >= 11 is 5.73. The van der Waals surface area contributed by atoms with E-state index in [1.54, 1.807) is 23.1 Å². The molecular weight excluding hydrogens is 451 g/mol. The standard InChI is InChI=1S/C24H24ClFN2O5/c25-17-6-8-21(18(26)13-17)32-14-20(29)16-5-7-22-19(12-16)28(24(31)15-33-22)11-3-4-23(30)27-9-1-2-10-27/h5-8,12-13H,1-4,9-11,14-15H2. The van der Waals surface area contributed by atoms with Crippen molar-refractivity contribution in [2.45, 2.75) is 25.7 Å². The highest BCUT2D eigenvalue weighted by Crippen LogP contribution is 2.33. The first-order chi connectivity index (χ1) is 15.9. The molecule has 0 N–H and O–H groups in total. The number of carbonyl (C=O) groups is 3. The Hall–Kier alpha value is -3.13. The van der Waals surface area contributed by atoms with E-state index >= 15 is 0 Å². The number of rotatable bonds is 8. The third-order valence-corrected chi connectivity index (χ3v) is 5.94. The molecule has 7 nitrogen and oxygen atoms in total. The van der Waals surface area contributed by atoms with Gasteiger partial charge in [0.2, 0.25) is 5.91 Å². The topological polar surface area (TPSA) is 76.2 Å². The van der Waals surface area contributed by atoms with Crippen molar-refractivity contribution < 1.29 is 28.2 Å². The van der Waals surface area contributed by atoms with Crippen molar-refractivity contribution >= 4 is 34.9 Å². The van der Waals surface area contributed by atoms with E-state index in [-0.39, 0.29) is 41.6 Å². The van der Waals surface area contributed by atoms with Gasteiger partial charge in [-0.25, -0.2) is 4.39 Å². The first kappa shape index (κ1) is 23.0. The van der Waals surface area contributed by atoms with Crippen LogP contribution in [-0.2, 0) is 9.59 Å². The summed E-state index contributed by atoms with van der Waals surface area (Å²) in [4.78, 5) is 40.8. The fourth-order valence-electron chi connectivity index (χ4n) is 3.95. The zero-order valence-electron chi connectivity index (χ0n) is 18.0. The number of halogens is 2. The zero-order valence-corrected chi connectivity index (χ0v) is 18.8. The molecule has 2 amide bonds. The van der Waals surface area contributed by atoms with Gasteiger partial charge in [-0.2, -0.15) is 0 Å². The highest BCUT2D eigenvalue weighted by Gasteiger charge is 2.27. The van der Waals surface area contributed by atoms with Crippen LogP contribution in [0.3, 0.4) is 0 Å². The Kier molecular flexibility index (Phi) is 7.13. The highest BCUT2D eigenvalue weighted by atomic mass is 35.5. The third-order valence-electron chi connectivity index (χ3n) is 5.71. The third kappa shape index (κ3) is 5.45. The van der Waals surface area contributed by atoms with Gasteiger partial charge >= 0.3 is 0 Å². The van der Waals surface area contributed by atoms with Gasteiger partial charge < -0.3 is 19.3 Å². The molecule has 33 heavy (non-hydrogen) atoms. The van der Waals surface area contributed by atoms with E-state index in [9.17, 15) is 18.8 Å². The van der Waals surface area contributed by atoms with E-state index in [2.05, 4.69) is 0 Å². The zero-order chi connectivity index (χ0) is 23.4. The molecule has 0 bridgehead atoms. The predicted molar refractivity (Wildman–Crippen MR) is 121 cm³/mol. The molecule has 0 aliphatic carbocycles. The maximum atomic E-state index is 13.9. The predicted octanol–water partition coefficient (Wildman–Crippen LogP) is 3.87. The van der Waals surface area contributed by atoms with Crippen LogP contribution in [0.2, 0.25) is 5.02 Å². The SMILES string of the molecule is O=C(COc1ccc(Cl)cc1F)c1ccc2c(c1)N(CCCC(=O)N1CCCC1)C(=O)CO2. The number of ketones is 1. The Morgan fingerprint density at radius 2 is 1.91 bits per heavy atom. The monoisotopic (exact) mass is 474 g/mol. The Labute approximate surface area is 196 Å². The molecule has 2 heterocycles. The van der Waals surface area contributed by atoms with Gasteiger partial charge in [0.1, 0.15) is 5.75 Å². The van der Waals surface area contributed by atoms with Crippen LogP contribution in [0, 0.1) is 5.82 Å². The van der Waals surface area contributed by atoms with Crippen molar-refractivity contribution in [3.8, 4) is 11.5 Å². The van der Waals surface area contributed by atoms with Crippen molar-refractivity contribution in [2.75, 3.05) is 37.7 Å². The normalized spacial score (nSPS) is 15.3. The Morgan fingerprint density at radius 1 is 1.12 bits per heavy atom. The lowest BCUT2D eigenvalue weighted by Crippen LogP contribution is -2.40. The summed E-state index contributed by atoms with van der Waals surface area (Å²) < 4.78 is 24.7. The van der Waals surface area contributed by atoms with Crippen LogP contribution in [0.25, 0.3) is 0 Å². The quantitative estimate of drug-likeness (QED) is 0.543. The van der Waals surface area contributed by atoms with Crippen molar-refractivity contribution in [2.24, 2.45) is 0 Å². The number of ether oxygens (including phenoxy) is 2. The Bertz CT molecular complexity index is 1070. The molecule has 2 aromatic rings. The average Bonchev–Trinajstić information content (AvgIpc) is 3.34. The van der Waals surface area contributed by atoms with Gasteiger partial charge in [-0.3, -0.25) is 14.4 Å². The summed E-state index contributed by atoms with van der Waals surface area (Å²) in [5.41, 5.74) is 0.781. The molecule has 2 aromatic carbocycles. The summed E-state index contributed by atoms with van der Waals surface area (Å²) in [6, 6.07) is 8.70. The van der Waals surface area contributed by atoms with Crippen LogP contribution in [0.1, 0.15) is 36.0 Å². The first-order valence-corrected chi connectivity index (χ1v) is 11.3. The average molecular weight is 475 g/mol. The number of carbonyl (C=O) groups excluding carboxylic acids is 3. The molecule has 174 valence electrons. The van der Waals surface area contributed by atoms with Gasteiger partial charge in [-0.05, 0) is 55.7 Å². The van der Waals surface area contributed by atoms with Crippen molar-refractivity contribution in [3.05, 3.63) is 52.8 Å². The Morgan fingerprint density at radius 3 is 2.67 bits per heavy atom. The van der Waals surface area contributed by atoms with Gasteiger partial charge in [0, 0.05) is 36.6 Å². The molecule has 1 saturated heterocycles. The van der Waals surface area contributed by atoms with E-state index in [1.165, 1.54) is 12.1 Å². The molecule has 2 aliphatic heterocycles. The maximum absolute atomic E-state index is 13.9. The molecule has 0 spiro atoms. The van der Waals surface area contributed by atoms with Crippen LogP contribution in [0.15, 0.2) is 36.4 Å². The van der Waals surface area contributed by atoms with Crippen molar-refractivity contribution in [1.29, 1.82) is 0 Å². The lowest BCUT2D eigenvalue weighted by Gasteiger charge is -2.30. The minimum atomic E-state index is -0.658. The molecule has 4 rings (SSSR count). The lowest BCUT2D eigenvalue weighted by molar-refractivity contribution is -0.130. The van der Waals surface area contributed by atoms with E-state index in [4.69, 9.17) is 21.1 Å². The molecule has 0 aromatic heterocycles. The second-order valence-corrected chi connectivity index (χ2v) is 8.43. The fraction of sp³-hybridized carbons (Fsp3) is 0.375. The van der Waals surface area contributed by atoms with Crippen LogP contribution in [0.4, 0.5) is 10.1 Å². The van der Waals surface area contributed by atoms with Crippen LogP contribution in [0.5, 0.6) is 11.5 Å². The van der Waals surface area contributed by atoms with Gasteiger partial charge in [0.25, 0.3) is 5.91 Å². The van der Waals surface area contributed by atoms with Gasteiger partial charge in [-0.1, -0.05) is 11.6 Å². The number of fused-ring (bicyclic) bond motifs is 1. The maximum Gasteiger partial charge on any atom is 0.265 e. The van der Waals surface area contributed by atoms with Crippen molar-refractivity contribution in [1.82, 2.24) is 4.90 Å². The molecular formula is C24H24ClFN2O5. The number of benzene rings is 2. The molecule has 0 atom stereocenters. The molecule has 2 aliphatic rings. The van der Waals surface area contributed by atoms with Crippen LogP contribution >= 0.6 is 11.6 Å². The molecule has 0 saturated carbocycles. The number of nitrogens with zero attached hydrogens (tertiary/aromatic N) is 2. The number of likely N-dealkylation sites (tertiary alicyclic amines) is 1. The first-order valence-electron chi connectivity index (χ1n) is 10.9. The van der Waals surface area contributed by atoms with Gasteiger partial charge in [-0.15, -0.1) is 0 Å². The molecule has 0 unspecified atom stereocenters. The number of anilines is 1. The number of hydrogen-bond acceptors (Lipinski definition) is 5. The lowest BCUT2D eigenvalue weighted by atomic mass is 10.1. The van der Waals surface area contributed by atoms with Crippen molar-refractivity contribution in [3.63, 3.8) is 0 Å². The summed E-state index contributed by atoms with van der Waals surface area (Å²) in [5.74, 6) is -0.761. The van der Waals surface area contributed by atoms with E-state index in [0.717, 1.165) is 32.0 Å². The van der Waals surface area contributed by atoms with E-state index in [1.807, 2.05) is 4.90 Å². The number of Topliss-reactive ketones (excluding diaryl/α,β-unsaturated/α-hetero) is 1. The molecule has 9 heteroatoms. The second-order valence-electron chi connectivity index (χ2n) is 7.99. The second kappa shape index (κ2) is 10.2. The minimum Gasteiger partial charge on any atom is -0.482 e. The van der Waals surface area contributed by atoms with E-state index < -0.39 is 5.82 Å². The van der Waals surface area contributed by atoms with E-state index in [0.29, 0.717) is 36.4 Å². The number of amides is 2. The fourth-order valence-corrected chi connectivity index (χ4v) is 4.11. The highest BCUT2D eigenvalue weighted by molar-refractivity contribution is 6.30. The minimum absolute atomic E-state index is 0.0754. The summed E-state index contributed by atoms with van der Waals surface area (Å²) in [5, 5.41) is 0.229. The molecule has 1 fully saturated rings. The largest absolute Gasteiger partial charge is 0.482 e. The summed E-state index contributed by atoms with van der Waals surface area (Å²) in [7, 11) is 0. The van der Waals surface area contributed by atoms with Crippen LogP contribution in [-0.4, -0.2) is 55.3 Å².